The molecule has 2 aliphatic heterocycles. The summed E-state index contributed by atoms with van der Waals surface area (Å²) in [4.78, 5) is 46.8. The Kier molecular flexibility index (Phi) is 6.89. The van der Waals surface area contributed by atoms with Crippen LogP contribution in [0.4, 0.5) is 13.2 Å². The van der Waals surface area contributed by atoms with Gasteiger partial charge in [-0.1, -0.05) is 57.5 Å². The van der Waals surface area contributed by atoms with Gasteiger partial charge in [0.25, 0.3) is 11.8 Å². The monoisotopic (exact) mass is 574 g/mol. The number of hydrogen-bond donors (Lipinski definition) is 2. The van der Waals surface area contributed by atoms with E-state index in [1.807, 2.05) is 52.0 Å². The lowest BCUT2D eigenvalue weighted by Crippen LogP contribution is -2.59. The van der Waals surface area contributed by atoms with E-state index in [1.54, 1.807) is 15.9 Å². The topological polar surface area (TPSA) is 85.5 Å². The Morgan fingerprint density at radius 1 is 1.00 bits per heavy atom. The molecule has 7 nitrogen and oxygen atoms in total. The number of nitrogens with zero attached hydrogens (tertiary/aromatic N) is 2. The maximum absolute atomic E-state index is 13.9. The predicted molar refractivity (Wildman–Crippen MR) is 145 cm³/mol. The molecule has 212 valence electrons. The number of carbonyl (C=O) groups is 3. The first kappa shape index (κ1) is 28.0. The van der Waals surface area contributed by atoms with Gasteiger partial charge >= 0.3 is 6.18 Å². The number of aromatic nitrogens is 1. The summed E-state index contributed by atoms with van der Waals surface area (Å²) >= 11 is 6.09. The molecule has 4 unspecified atom stereocenters. The molecule has 40 heavy (non-hydrogen) atoms. The van der Waals surface area contributed by atoms with Crippen LogP contribution in [0.5, 0.6) is 0 Å². The first-order chi connectivity index (χ1) is 18.7. The number of aromatic amines is 1. The quantitative estimate of drug-likeness (QED) is 0.440. The number of hydrogen-bond acceptors (Lipinski definition) is 3. The molecule has 1 aromatic heterocycles. The van der Waals surface area contributed by atoms with Gasteiger partial charge in [0, 0.05) is 29.9 Å². The molecule has 5 rings (SSSR count). The second-order valence-corrected chi connectivity index (χ2v) is 12.1. The summed E-state index contributed by atoms with van der Waals surface area (Å²) < 4.78 is 39.1. The van der Waals surface area contributed by atoms with Crippen molar-refractivity contribution in [1.29, 1.82) is 0 Å². The molecule has 3 heterocycles. The molecule has 0 aliphatic carbocycles. The van der Waals surface area contributed by atoms with Crippen molar-refractivity contribution in [3.05, 3.63) is 70.4 Å². The van der Waals surface area contributed by atoms with E-state index in [2.05, 4.69) is 10.3 Å². The van der Waals surface area contributed by atoms with Crippen LogP contribution in [0.2, 0.25) is 5.02 Å². The smallest absolute Gasteiger partial charge is 0.351 e. The van der Waals surface area contributed by atoms with Crippen molar-refractivity contribution in [2.24, 2.45) is 11.3 Å². The van der Waals surface area contributed by atoms with Crippen LogP contribution in [0.3, 0.4) is 0 Å². The molecule has 2 aromatic carbocycles. The van der Waals surface area contributed by atoms with Crippen molar-refractivity contribution in [3.63, 3.8) is 0 Å². The van der Waals surface area contributed by atoms with Gasteiger partial charge in [0.05, 0.1) is 28.2 Å². The molecule has 3 aromatic rings. The number of carbonyl (C=O) groups excluding carboxylic acids is 3. The van der Waals surface area contributed by atoms with Gasteiger partial charge in [0.15, 0.2) is 0 Å². The lowest BCUT2D eigenvalue weighted by Gasteiger charge is -2.39. The van der Waals surface area contributed by atoms with Crippen LogP contribution >= 0.6 is 11.6 Å². The Bertz CT molecular complexity index is 1460. The second-order valence-electron chi connectivity index (χ2n) is 11.7. The third-order valence-corrected chi connectivity index (χ3v) is 8.33. The molecular weight excluding hydrogens is 545 g/mol. The number of nitrogens with one attached hydrogen (secondary N) is 2. The van der Waals surface area contributed by atoms with Crippen LogP contribution in [0, 0.1) is 11.3 Å². The van der Waals surface area contributed by atoms with Crippen LogP contribution in [-0.2, 0) is 11.0 Å². The lowest BCUT2D eigenvalue weighted by atomic mass is 9.85. The maximum atomic E-state index is 13.9. The van der Waals surface area contributed by atoms with E-state index in [1.165, 1.54) is 0 Å². The molecule has 4 atom stereocenters. The molecule has 0 radical (unpaired) electrons. The summed E-state index contributed by atoms with van der Waals surface area (Å²) in [5.41, 5.74) is -0.373. The van der Waals surface area contributed by atoms with Gasteiger partial charge in [-0.05, 0) is 35.7 Å². The number of amides is 3. The van der Waals surface area contributed by atoms with Crippen LogP contribution in [0.15, 0.2) is 48.5 Å². The summed E-state index contributed by atoms with van der Waals surface area (Å²) in [6.07, 6.45) is -4.57. The number of likely N-dealkylation sites (tertiary alicyclic amines) is 2. The number of fused-ring (bicyclic) bond motifs is 3. The van der Waals surface area contributed by atoms with Crippen LogP contribution in [0.1, 0.15) is 54.1 Å². The Morgan fingerprint density at radius 2 is 1.65 bits per heavy atom. The third-order valence-electron chi connectivity index (χ3n) is 8.02. The van der Waals surface area contributed by atoms with Gasteiger partial charge in [-0.3, -0.25) is 14.4 Å². The molecule has 2 fully saturated rings. The van der Waals surface area contributed by atoms with Crippen molar-refractivity contribution in [3.8, 4) is 0 Å². The zero-order valence-electron chi connectivity index (χ0n) is 22.5. The highest BCUT2D eigenvalue weighted by Gasteiger charge is 2.54. The number of rotatable bonds is 4. The van der Waals surface area contributed by atoms with Gasteiger partial charge in [-0.2, -0.15) is 13.2 Å². The average molecular weight is 575 g/mol. The highest BCUT2D eigenvalue weighted by molar-refractivity contribution is 6.34. The zero-order chi connectivity index (χ0) is 29.1. The molecule has 3 amide bonds. The molecule has 0 saturated carbocycles. The van der Waals surface area contributed by atoms with Crippen molar-refractivity contribution in [2.45, 2.75) is 52.0 Å². The van der Waals surface area contributed by atoms with Gasteiger partial charge in [0.2, 0.25) is 5.91 Å². The second kappa shape index (κ2) is 9.83. The third kappa shape index (κ3) is 4.93. The number of para-hydroxylation sites is 1. The van der Waals surface area contributed by atoms with Crippen LogP contribution < -0.4 is 5.32 Å². The van der Waals surface area contributed by atoms with Gasteiger partial charge in [0.1, 0.15) is 11.7 Å². The van der Waals surface area contributed by atoms with Crippen molar-refractivity contribution in [2.75, 3.05) is 13.1 Å². The molecule has 2 aliphatic rings. The fourth-order valence-electron chi connectivity index (χ4n) is 5.75. The van der Waals surface area contributed by atoms with E-state index in [0.717, 1.165) is 29.1 Å². The molecule has 0 spiro atoms. The van der Waals surface area contributed by atoms with Gasteiger partial charge in [-0.25, -0.2) is 0 Å². The Balaban J connectivity index is 1.32. The van der Waals surface area contributed by atoms with E-state index in [-0.39, 0.29) is 47.6 Å². The molecule has 2 bridgehead atoms. The van der Waals surface area contributed by atoms with E-state index < -0.39 is 35.0 Å². The summed E-state index contributed by atoms with van der Waals surface area (Å²) in [6, 6.07) is 10.5. The van der Waals surface area contributed by atoms with E-state index in [0.29, 0.717) is 5.69 Å². The fourth-order valence-corrected chi connectivity index (χ4v) is 6.01. The largest absolute Gasteiger partial charge is 0.416 e. The number of H-pyrrole nitrogens is 1. The van der Waals surface area contributed by atoms with E-state index >= 15 is 0 Å². The SMILES string of the molecule is CC1C2CN(C(=O)C(NC(=O)c3cc4ccccc4[nH]3)C(C)(C)C)C1CN2C(=O)c1ccc(C(F)(F)F)cc1Cl. The van der Waals surface area contributed by atoms with E-state index in [9.17, 15) is 27.6 Å². The van der Waals surface area contributed by atoms with E-state index in [4.69, 9.17) is 11.6 Å². The molecular formula is C29H30ClF3N4O3. The first-order valence-corrected chi connectivity index (χ1v) is 13.4. The first-order valence-electron chi connectivity index (χ1n) is 13.0. The van der Waals surface area contributed by atoms with Crippen molar-refractivity contribution < 1.29 is 27.6 Å². The normalized spacial score (nSPS) is 21.6. The molecule has 2 saturated heterocycles. The minimum atomic E-state index is -4.57. The molecule has 11 heteroatoms. The number of halogens is 4. The maximum Gasteiger partial charge on any atom is 0.416 e. The summed E-state index contributed by atoms with van der Waals surface area (Å²) in [7, 11) is 0. The fraction of sp³-hybridized carbons (Fsp3) is 0.414. The zero-order valence-corrected chi connectivity index (χ0v) is 23.2. The average Bonchev–Trinajstić information content (AvgIpc) is 3.55. The number of piperazine rings is 1. The summed E-state index contributed by atoms with van der Waals surface area (Å²) in [5, 5.41) is 3.53. The van der Waals surface area contributed by atoms with Crippen molar-refractivity contribution in [1.82, 2.24) is 20.1 Å². The van der Waals surface area contributed by atoms with Gasteiger partial charge < -0.3 is 20.1 Å². The Morgan fingerprint density at radius 3 is 2.23 bits per heavy atom. The Hall–Kier alpha value is -3.53. The Labute approximate surface area is 234 Å². The number of alkyl halides is 3. The standard InChI is InChI=1S/C29H30ClF3N4O3/c1-15-22-14-37(23(15)13-36(22)26(39)18-10-9-17(12-19(18)30)29(31,32)33)27(40)24(28(2,3)4)35-25(38)21-11-16-7-5-6-8-20(16)34-21/h5-12,15,22-24,34H,13-14H2,1-4H3,(H,35,38). The van der Waals surface area contributed by atoms with Crippen molar-refractivity contribution >= 4 is 40.2 Å². The summed E-state index contributed by atoms with van der Waals surface area (Å²) in [6.45, 7) is 8.05. The minimum Gasteiger partial charge on any atom is -0.351 e. The lowest BCUT2D eigenvalue weighted by molar-refractivity contribution is -0.138. The molecule has 2 N–H and O–H groups in total. The highest BCUT2D eigenvalue weighted by atomic mass is 35.5. The predicted octanol–water partition coefficient (Wildman–Crippen LogP) is 5.36. The highest BCUT2D eigenvalue weighted by Crippen LogP contribution is 2.39. The van der Waals surface area contributed by atoms with Crippen LogP contribution in [-0.4, -0.2) is 63.7 Å². The van der Waals surface area contributed by atoms with Gasteiger partial charge in [-0.15, -0.1) is 0 Å². The van der Waals surface area contributed by atoms with Crippen LogP contribution in [0.25, 0.3) is 10.9 Å². The minimum absolute atomic E-state index is 0.00883. The summed E-state index contributed by atoms with van der Waals surface area (Å²) in [5.74, 6) is -1.16. The number of benzene rings is 2.